The van der Waals surface area contributed by atoms with Crippen LogP contribution in [0.2, 0.25) is 0 Å². The highest BCUT2D eigenvalue weighted by Gasteiger charge is 2.27. The van der Waals surface area contributed by atoms with E-state index in [4.69, 9.17) is 5.11 Å². The lowest BCUT2D eigenvalue weighted by molar-refractivity contribution is -0.174. The predicted octanol–water partition coefficient (Wildman–Crippen LogP) is 1.57. The Hall–Kier alpha value is -1.31. The van der Waals surface area contributed by atoms with Crippen molar-refractivity contribution in [2.75, 3.05) is 13.2 Å². The molecule has 2 N–H and O–H groups in total. The SMILES string of the molecule is CC(C)CC(NC(=O)CCOCC(F)(F)F)C(=O)O. The number of carboxylic acids is 1. The second kappa shape index (κ2) is 7.98. The Kier molecular flexibility index (Phi) is 7.43. The number of carboxylic acid groups (broad SMARTS) is 1. The zero-order chi connectivity index (χ0) is 15.1. The van der Waals surface area contributed by atoms with Gasteiger partial charge in [-0.1, -0.05) is 13.8 Å². The van der Waals surface area contributed by atoms with Gasteiger partial charge in [0.2, 0.25) is 5.91 Å². The molecule has 0 saturated carbocycles. The highest BCUT2D eigenvalue weighted by molar-refractivity contribution is 5.83. The molecule has 0 radical (unpaired) electrons. The van der Waals surface area contributed by atoms with Gasteiger partial charge in [-0.3, -0.25) is 4.79 Å². The van der Waals surface area contributed by atoms with E-state index in [0.29, 0.717) is 0 Å². The fourth-order valence-corrected chi connectivity index (χ4v) is 1.31. The van der Waals surface area contributed by atoms with Crippen molar-refractivity contribution in [2.45, 2.75) is 38.9 Å². The molecule has 5 nitrogen and oxygen atoms in total. The van der Waals surface area contributed by atoms with Crippen LogP contribution in [0.15, 0.2) is 0 Å². The maximum atomic E-state index is 11.7. The summed E-state index contributed by atoms with van der Waals surface area (Å²) in [6, 6.07) is -1.03. The zero-order valence-corrected chi connectivity index (χ0v) is 10.8. The van der Waals surface area contributed by atoms with E-state index in [2.05, 4.69) is 10.1 Å². The minimum absolute atomic E-state index is 0.0721. The molecule has 0 spiro atoms. The number of hydrogen-bond acceptors (Lipinski definition) is 3. The molecule has 0 heterocycles. The monoisotopic (exact) mass is 285 g/mol. The molecule has 0 aliphatic heterocycles. The number of hydrogen-bond donors (Lipinski definition) is 2. The van der Waals surface area contributed by atoms with E-state index in [1.54, 1.807) is 13.8 Å². The van der Waals surface area contributed by atoms with E-state index in [-0.39, 0.29) is 18.8 Å². The van der Waals surface area contributed by atoms with Crippen molar-refractivity contribution in [2.24, 2.45) is 5.92 Å². The van der Waals surface area contributed by atoms with Crippen LogP contribution in [-0.4, -0.2) is 42.4 Å². The van der Waals surface area contributed by atoms with Crippen molar-refractivity contribution >= 4 is 11.9 Å². The third kappa shape index (κ3) is 10.3. The van der Waals surface area contributed by atoms with Gasteiger partial charge in [-0.05, 0) is 12.3 Å². The molecular formula is C11H18F3NO4. The lowest BCUT2D eigenvalue weighted by atomic mass is 10.0. The van der Waals surface area contributed by atoms with Gasteiger partial charge in [-0.25, -0.2) is 4.79 Å². The first-order chi connectivity index (χ1) is 8.61. The van der Waals surface area contributed by atoms with Crippen LogP contribution < -0.4 is 5.32 Å². The van der Waals surface area contributed by atoms with Gasteiger partial charge in [0, 0.05) is 6.42 Å². The fourth-order valence-electron chi connectivity index (χ4n) is 1.31. The molecular weight excluding hydrogens is 267 g/mol. The van der Waals surface area contributed by atoms with Crippen LogP contribution in [0.3, 0.4) is 0 Å². The molecule has 0 aromatic heterocycles. The molecule has 0 saturated heterocycles. The maximum absolute atomic E-state index is 11.7. The maximum Gasteiger partial charge on any atom is 0.411 e. The second-order valence-electron chi connectivity index (χ2n) is 4.51. The summed E-state index contributed by atoms with van der Waals surface area (Å²) in [5.74, 6) is -1.74. The quantitative estimate of drug-likeness (QED) is 0.664. The first-order valence-corrected chi connectivity index (χ1v) is 5.78. The Labute approximate surface area is 109 Å². The molecule has 0 fully saturated rings. The number of ether oxygens (including phenoxy) is 1. The van der Waals surface area contributed by atoms with Gasteiger partial charge in [0.15, 0.2) is 0 Å². The molecule has 8 heteroatoms. The molecule has 1 atom stereocenters. The third-order valence-corrected chi connectivity index (χ3v) is 2.08. The number of halogens is 3. The predicted molar refractivity (Wildman–Crippen MR) is 60.5 cm³/mol. The van der Waals surface area contributed by atoms with Gasteiger partial charge in [0.1, 0.15) is 12.6 Å². The highest BCUT2D eigenvalue weighted by Crippen LogP contribution is 2.14. The smallest absolute Gasteiger partial charge is 0.411 e. The lowest BCUT2D eigenvalue weighted by Crippen LogP contribution is -2.42. The number of aliphatic carboxylic acids is 1. The third-order valence-electron chi connectivity index (χ3n) is 2.08. The number of carbonyl (C=O) groups is 2. The van der Waals surface area contributed by atoms with Crippen LogP contribution >= 0.6 is 0 Å². The van der Waals surface area contributed by atoms with Crippen LogP contribution in [0.4, 0.5) is 13.2 Å². The molecule has 0 aromatic rings. The average molecular weight is 285 g/mol. The molecule has 19 heavy (non-hydrogen) atoms. The Morgan fingerprint density at radius 2 is 1.89 bits per heavy atom. The summed E-state index contributed by atoms with van der Waals surface area (Å²) >= 11 is 0. The number of rotatable bonds is 8. The number of nitrogens with one attached hydrogen (secondary N) is 1. The summed E-state index contributed by atoms with van der Waals surface area (Å²) in [5, 5.41) is 11.1. The van der Waals surface area contributed by atoms with Gasteiger partial charge in [0.25, 0.3) is 0 Å². The Morgan fingerprint density at radius 1 is 1.32 bits per heavy atom. The van der Waals surface area contributed by atoms with Crippen molar-refractivity contribution < 1.29 is 32.6 Å². The molecule has 0 bridgehead atoms. The van der Waals surface area contributed by atoms with Crippen LogP contribution in [-0.2, 0) is 14.3 Å². The Balaban J connectivity index is 3.97. The van der Waals surface area contributed by atoms with Crippen LogP contribution in [0.25, 0.3) is 0 Å². The molecule has 1 amide bonds. The number of amides is 1. The van der Waals surface area contributed by atoms with Gasteiger partial charge in [0.05, 0.1) is 6.61 Å². The molecule has 1 unspecified atom stereocenters. The summed E-state index contributed by atoms with van der Waals surface area (Å²) in [6.45, 7) is 1.77. The molecule has 0 rings (SSSR count). The van der Waals surface area contributed by atoms with Gasteiger partial charge >= 0.3 is 12.1 Å². The number of carbonyl (C=O) groups excluding carboxylic acids is 1. The van der Waals surface area contributed by atoms with E-state index < -0.39 is 37.3 Å². The second-order valence-corrected chi connectivity index (χ2v) is 4.51. The van der Waals surface area contributed by atoms with Crippen LogP contribution in [0.1, 0.15) is 26.7 Å². The first-order valence-electron chi connectivity index (χ1n) is 5.78. The standard InChI is InChI=1S/C11H18F3NO4/c1-7(2)5-8(10(17)18)15-9(16)3-4-19-6-11(12,13)14/h7-8H,3-6H2,1-2H3,(H,15,16)(H,17,18). The fraction of sp³-hybridized carbons (Fsp3) is 0.818. The summed E-state index contributed by atoms with van der Waals surface area (Å²) in [6.07, 6.45) is -4.49. The number of alkyl halides is 3. The van der Waals surface area contributed by atoms with Crippen LogP contribution in [0.5, 0.6) is 0 Å². The summed E-state index contributed by atoms with van der Waals surface area (Å²) in [7, 11) is 0. The Morgan fingerprint density at radius 3 is 2.32 bits per heavy atom. The van der Waals surface area contributed by atoms with Gasteiger partial charge < -0.3 is 15.2 Å². The average Bonchev–Trinajstić information content (AvgIpc) is 2.21. The molecule has 0 aromatic carbocycles. The minimum Gasteiger partial charge on any atom is -0.480 e. The highest BCUT2D eigenvalue weighted by atomic mass is 19.4. The van der Waals surface area contributed by atoms with E-state index >= 15 is 0 Å². The van der Waals surface area contributed by atoms with E-state index in [9.17, 15) is 22.8 Å². The van der Waals surface area contributed by atoms with Crippen molar-refractivity contribution in [1.29, 1.82) is 0 Å². The topological polar surface area (TPSA) is 75.6 Å². The van der Waals surface area contributed by atoms with Crippen molar-refractivity contribution in [3.63, 3.8) is 0 Å². The van der Waals surface area contributed by atoms with Gasteiger partial charge in [-0.15, -0.1) is 0 Å². The summed E-state index contributed by atoms with van der Waals surface area (Å²) in [5.41, 5.74) is 0. The first kappa shape index (κ1) is 17.7. The van der Waals surface area contributed by atoms with E-state index in [1.807, 2.05) is 0 Å². The summed E-state index contributed by atoms with van der Waals surface area (Å²) in [4.78, 5) is 22.2. The Bertz CT molecular complexity index is 305. The van der Waals surface area contributed by atoms with Crippen LogP contribution in [0, 0.1) is 5.92 Å². The lowest BCUT2D eigenvalue weighted by Gasteiger charge is -2.16. The molecule has 0 aliphatic rings. The van der Waals surface area contributed by atoms with E-state index in [0.717, 1.165) is 0 Å². The molecule has 0 aliphatic carbocycles. The van der Waals surface area contributed by atoms with Crippen molar-refractivity contribution in [3.8, 4) is 0 Å². The van der Waals surface area contributed by atoms with Crippen molar-refractivity contribution in [1.82, 2.24) is 5.32 Å². The zero-order valence-electron chi connectivity index (χ0n) is 10.8. The normalized spacial score (nSPS) is 13.4. The van der Waals surface area contributed by atoms with E-state index in [1.165, 1.54) is 0 Å². The minimum atomic E-state index is -4.43. The van der Waals surface area contributed by atoms with Gasteiger partial charge in [-0.2, -0.15) is 13.2 Å². The van der Waals surface area contributed by atoms with Crippen molar-refractivity contribution in [3.05, 3.63) is 0 Å². The largest absolute Gasteiger partial charge is 0.480 e. The molecule has 112 valence electrons. The summed E-state index contributed by atoms with van der Waals surface area (Å²) < 4.78 is 39.5.